The Balaban J connectivity index is 2.30. The van der Waals surface area contributed by atoms with Crippen molar-refractivity contribution in [1.29, 1.82) is 0 Å². The van der Waals surface area contributed by atoms with E-state index in [0.717, 1.165) is 16.6 Å². The number of urea groups is 1. The summed E-state index contributed by atoms with van der Waals surface area (Å²) < 4.78 is 0. The smallest absolute Gasteiger partial charge is 0.338 e. The number of nitro benzene ring substituents is 1. The van der Waals surface area contributed by atoms with E-state index < -0.39 is 16.9 Å². The molecule has 0 aromatic heterocycles. The first-order chi connectivity index (χ1) is 11.3. The Morgan fingerprint density at radius 2 is 1.88 bits per heavy atom. The van der Waals surface area contributed by atoms with E-state index >= 15 is 0 Å². The number of nitro groups is 1. The average Bonchev–Trinajstić information content (AvgIpc) is 2.52. The number of hydrazine groups is 1. The number of nitrogens with zero attached hydrogens (tertiary/aromatic N) is 2. The summed E-state index contributed by atoms with van der Waals surface area (Å²) in [6.07, 6.45) is 0. The molecule has 124 valence electrons. The molecule has 0 fully saturated rings. The summed E-state index contributed by atoms with van der Waals surface area (Å²) >= 11 is 0. The quantitative estimate of drug-likeness (QED) is 0.664. The number of hydrogen-bond donors (Lipinski definition) is 2. The summed E-state index contributed by atoms with van der Waals surface area (Å²) in [6.45, 7) is 3.40. The lowest BCUT2D eigenvalue weighted by molar-refractivity contribution is -0.385. The maximum atomic E-state index is 12.3. The van der Waals surface area contributed by atoms with E-state index in [1.54, 1.807) is 25.1 Å². The fraction of sp³-hybridized carbons (Fsp3) is 0.125. The number of anilines is 1. The van der Waals surface area contributed by atoms with Crippen molar-refractivity contribution in [1.82, 2.24) is 5.43 Å². The number of carbonyl (C=O) groups excluding carboxylic acids is 2. The first-order valence-corrected chi connectivity index (χ1v) is 7.02. The molecule has 0 radical (unpaired) electrons. The minimum atomic E-state index is -0.879. The Labute approximate surface area is 138 Å². The van der Waals surface area contributed by atoms with E-state index in [9.17, 15) is 19.7 Å². The molecular weight excluding hydrogens is 312 g/mol. The molecule has 0 unspecified atom stereocenters. The maximum absolute atomic E-state index is 12.3. The lowest BCUT2D eigenvalue weighted by atomic mass is 10.1. The third kappa shape index (κ3) is 3.67. The van der Waals surface area contributed by atoms with E-state index in [2.05, 4.69) is 5.43 Å². The number of nitrogens with two attached hydrogens (primary N) is 1. The van der Waals surface area contributed by atoms with E-state index in [1.165, 1.54) is 12.1 Å². The number of carbonyl (C=O) groups is 2. The molecule has 3 N–H and O–H groups in total. The standard InChI is InChI=1S/C16H16N4O4/c1-10-4-3-5-13(8-10)19(16(17)22)18-15(21)12-7-6-11(2)14(9-12)20(23)24/h3-9H,1-2H3,(H2,17,22)(H,18,21). The zero-order chi connectivity index (χ0) is 17.9. The number of benzene rings is 2. The van der Waals surface area contributed by atoms with Gasteiger partial charge in [-0.1, -0.05) is 18.2 Å². The largest absolute Gasteiger partial charge is 0.350 e. The molecule has 24 heavy (non-hydrogen) atoms. The maximum Gasteiger partial charge on any atom is 0.338 e. The van der Waals surface area contributed by atoms with Gasteiger partial charge in [-0.15, -0.1) is 0 Å². The summed E-state index contributed by atoms with van der Waals surface area (Å²) in [6, 6.07) is 9.99. The topological polar surface area (TPSA) is 119 Å². The van der Waals surface area contributed by atoms with Gasteiger partial charge in [0.1, 0.15) is 0 Å². The van der Waals surface area contributed by atoms with Crippen LogP contribution in [0.1, 0.15) is 21.5 Å². The Morgan fingerprint density at radius 3 is 2.46 bits per heavy atom. The molecule has 3 amide bonds. The summed E-state index contributed by atoms with van der Waals surface area (Å²) in [5, 5.41) is 11.9. The van der Waals surface area contributed by atoms with Crippen LogP contribution in [0.2, 0.25) is 0 Å². The summed E-state index contributed by atoms with van der Waals surface area (Å²) in [7, 11) is 0. The summed E-state index contributed by atoms with van der Waals surface area (Å²) in [4.78, 5) is 34.4. The molecule has 0 saturated carbocycles. The molecule has 2 aromatic rings. The lowest BCUT2D eigenvalue weighted by Crippen LogP contribution is -2.49. The van der Waals surface area contributed by atoms with E-state index in [-0.39, 0.29) is 11.3 Å². The number of aryl methyl sites for hydroxylation is 2. The highest BCUT2D eigenvalue weighted by Crippen LogP contribution is 2.20. The molecule has 0 bridgehead atoms. The fourth-order valence-corrected chi connectivity index (χ4v) is 2.13. The highest BCUT2D eigenvalue weighted by Gasteiger charge is 2.19. The Hall–Kier alpha value is -3.42. The Bertz CT molecular complexity index is 819. The van der Waals surface area contributed by atoms with Gasteiger partial charge in [-0.2, -0.15) is 0 Å². The molecule has 0 aliphatic heterocycles. The molecule has 0 aliphatic rings. The predicted molar refractivity (Wildman–Crippen MR) is 88.5 cm³/mol. The van der Waals surface area contributed by atoms with Gasteiger partial charge in [0.05, 0.1) is 10.6 Å². The zero-order valence-electron chi connectivity index (χ0n) is 13.1. The first-order valence-electron chi connectivity index (χ1n) is 7.02. The first kappa shape index (κ1) is 16.9. The third-order valence-corrected chi connectivity index (χ3v) is 3.36. The number of hydrogen-bond acceptors (Lipinski definition) is 4. The molecule has 0 heterocycles. The van der Waals surface area contributed by atoms with Crippen LogP contribution in [0, 0.1) is 24.0 Å². The van der Waals surface area contributed by atoms with Crippen LogP contribution in [0.5, 0.6) is 0 Å². The van der Waals surface area contributed by atoms with Crippen molar-refractivity contribution in [3.63, 3.8) is 0 Å². The second kappa shape index (κ2) is 6.78. The third-order valence-electron chi connectivity index (χ3n) is 3.36. The summed E-state index contributed by atoms with van der Waals surface area (Å²) in [5.41, 5.74) is 9.23. The normalized spacial score (nSPS) is 10.1. The van der Waals surface area contributed by atoms with Crippen LogP contribution in [-0.2, 0) is 0 Å². The van der Waals surface area contributed by atoms with Gasteiger partial charge in [0.15, 0.2) is 0 Å². The van der Waals surface area contributed by atoms with E-state index in [4.69, 9.17) is 5.73 Å². The van der Waals surface area contributed by atoms with Crippen molar-refractivity contribution in [2.75, 3.05) is 5.01 Å². The van der Waals surface area contributed by atoms with Crippen molar-refractivity contribution in [3.05, 3.63) is 69.3 Å². The minimum Gasteiger partial charge on any atom is -0.350 e. The summed E-state index contributed by atoms with van der Waals surface area (Å²) in [5.74, 6) is -0.682. The number of primary amides is 1. The number of rotatable bonds is 3. The van der Waals surface area contributed by atoms with Crippen LogP contribution in [0.4, 0.5) is 16.2 Å². The second-order valence-electron chi connectivity index (χ2n) is 5.21. The van der Waals surface area contributed by atoms with Gasteiger partial charge in [-0.3, -0.25) is 20.3 Å². The predicted octanol–water partition coefficient (Wildman–Crippen LogP) is 2.44. The van der Waals surface area contributed by atoms with Gasteiger partial charge in [-0.05, 0) is 37.6 Å². The van der Waals surface area contributed by atoms with Crippen LogP contribution in [-0.4, -0.2) is 16.9 Å². The van der Waals surface area contributed by atoms with Gasteiger partial charge in [0, 0.05) is 17.2 Å². The second-order valence-corrected chi connectivity index (χ2v) is 5.21. The molecule has 0 aliphatic carbocycles. The number of nitrogens with one attached hydrogen (secondary N) is 1. The highest BCUT2D eigenvalue weighted by molar-refractivity contribution is 6.01. The average molecular weight is 328 g/mol. The number of amides is 3. The monoisotopic (exact) mass is 328 g/mol. The van der Waals surface area contributed by atoms with Crippen LogP contribution in [0.15, 0.2) is 42.5 Å². The molecule has 0 atom stereocenters. The van der Waals surface area contributed by atoms with Gasteiger partial charge >= 0.3 is 6.03 Å². The molecule has 8 nitrogen and oxygen atoms in total. The Kier molecular flexibility index (Phi) is 4.78. The van der Waals surface area contributed by atoms with Gasteiger partial charge in [0.2, 0.25) is 0 Å². The van der Waals surface area contributed by atoms with Crippen LogP contribution < -0.4 is 16.2 Å². The molecule has 0 spiro atoms. The highest BCUT2D eigenvalue weighted by atomic mass is 16.6. The van der Waals surface area contributed by atoms with Crippen LogP contribution >= 0.6 is 0 Å². The van der Waals surface area contributed by atoms with Crippen molar-refractivity contribution in [2.24, 2.45) is 5.73 Å². The van der Waals surface area contributed by atoms with Crippen molar-refractivity contribution >= 4 is 23.3 Å². The van der Waals surface area contributed by atoms with Crippen molar-refractivity contribution in [2.45, 2.75) is 13.8 Å². The molecule has 2 aromatic carbocycles. The van der Waals surface area contributed by atoms with Crippen LogP contribution in [0.3, 0.4) is 0 Å². The zero-order valence-corrected chi connectivity index (χ0v) is 13.1. The Morgan fingerprint density at radius 1 is 1.17 bits per heavy atom. The molecule has 0 saturated heterocycles. The van der Waals surface area contributed by atoms with Gasteiger partial charge in [-0.25, -0.2) is 9.80 Å². The minimum absolute atomic E-state index is 0.0474. The van der Waals surface area contributed by atoms with Crippen molar-refractivity contribution < 1.29 is 14.5 Å². The lowest BCUT2D eigenvalue weighted by Gasteiger charge is -2.21. The molecule has 2 rings (SSSR count). The van der Waals surface area contributed by atoms with Crippen LogP contribution in [0.25, 0.3) is 0 Å². The molecule has 8 heteroatoms. The van der Waals surface area contributed by atoms with E-state index in [0.29, 0.717) is 11.3 Å². The van der Waals surface area contributed by atoms with Crippen molar-refractivity contribution in [3.8, 4) is 0 Å². The van der Waals surface area contributed by atoms with Gasteiger partial charge < -0.3 is 5.73 Å². The molecular formula is C16H16N4O4. The SMILES string of the molecule is Cc1cccc(N(NC(=O)c2ccc(C)c([N+](=O)[O-])c2)C(N)=O)c1. The van der Waals surface area contributed by atoms with Gasteiger partial charge in [0.25, 0.3) is 11.6 Å². The van der Waals surface area contributed by atoms with E-state index in [1.807, 2.05) is 13.0 Å². The fourth-order valence-electron chi connectivity index (χ4n) is 2.13.